The van der Waals surface area contributed by atoms with Gasteiger partial charge in [0, 0.05) is 12.5 Å². The molecular formula is C18H27N3. The fourth-order valence-electron chi connectivity index (χ4n) is 3.20. The van der Waals surface area contributed by atoms with E-state index in [1.165, 1.54) is 30.3 Å². The lowest BCUT2D eigenvalue weighted by Crippen LogP contribution is -2.39. The Balaban J connectivity index is 1.67. The normalized spacial score (nSPS) is 22.5. The molecule has 1 aliphatic rings. The number of hydrogen-bond acceptors (Lipinski definition) is 2. The topological polar surface area (TPSA) is 40.7 Å². The second-order valence-electron chi connectivity index (χ2n) is 7.53. The van der Waals surface area contributed by atoms with Crippen molar-refractivity contribution in [2.45, 2.75) is 57.9 Å². The van der Waals surface area contributed by atoms with E-state index in [1.807, 2.05) is 0 Å². The number of nitrogens with zero attached hydrogens (tertiary/aromatic N) is 1. The summed E-state index contributed by atoms with van der Waals surface area (Å²) < 4.78 is 0. The van der Waals surface area contributed by atoms with E-state index in [9.17, 15) is 0 Å². The van der Waals surface area contributed by atoms with Gasteiger partial charge in [-0.15, -0.1) is 0 Å². The van der Waals surface area contributed by atoms with Crippen molar-refractivity contribution in [3.05, 3.63) is 29.6 Å². The van der Waals surface area contributed by atoms with Gasteiger partial charge in [-0.25, -0.2) is 4.98 Å². The molecule has 21 heavy (non-hydrogen) atoms. The van der Waals surface area contributed by atoms with Crippen LogP contribution in [0.15, 0.2) is 18.2 Å². The predicted octanol–water partition coefficient (Wildman–Crippen LogP) is 3.79. The minimum absolute atomic E-state index is 0.188. The van der Waals surface area contributed by atoms with Crippen LogP contribution in [-0.2, 0) is 11.8 Å². The molecule has 0 saturated heterocycles. The fraction of sp³-hybridized carbons (Fsp3) is 0.611. The van der Waals surface area contributed by atoms with E-state index in [2.05, 4.69) is 56.3 Å². The van der Waals surface area contributed by atoms with Crippen molar-refractivity contribution in [3.8, 4) is 0 Å². The second-order valence-corrected chi connectivity index (χ2v) is 7.53. The summed E-state index contributed by atoms with van der Waals surface area (Å²) in [4.78, 5) is 8.24. The van der Waals surface area contributed by atoms with Crippen molar-refractivity contribution >= 4 is 11.0 Å². The summed E-state index contributed by atoms with van der Waals surface area (Å²) in [6.07, 6.45) is 4.97. The summed E-state index contributed by atoms with van der Waals surface area (Å²) >= 11 is 0. The number of aromatic amines is 1. The van der Waals surface area contributed by atoms with E-state index in [0.717, 1.165) is 29.7 Å². The molecule has 114 valence electrons. The van der Waals surface area contributed by atoms with Gasteiger partial charge in [-0.1, -0.05) is 26.8 Å². The molecule has 1 heterocycles. The Labute approximate surface area is 127 Å². The van der Waals surface area contributed by atoms with E-state index in [0.29, 0.717) is 0 Å². The van der Waals surface area contributed by atoms with Crippen molar-refractivity contribution in [2.75, 3.05) is 7.05 Å². The number of nitrogens with one attached hydrogen (secondary N) is 2. The Hall–Kier alpha value is -1.35. The molecule has 3 heteroatoms. The molecule has 1 aromatic carbocycles. The minimum atomic E-state index is 0.188. The van der Waals surface area contributed by atoms with Crippen molar-refractivity contribution in [1.29, 1.82) is 0 Å². The zero-order valence-corrected chi connectivity index (χ0v) is 13.7. The van der Waals surface area contributed by atoms with E-state index < -0.39 is 0 Å². The van der Waals surface area contributed by atoms with Gasteiger partial charge >= 0.3 is 0 Å². The Morgan fingerprint density at radius 1 is 1.29 bits per heavy atom. The SMILES string of the molecule is CNC1CC(CCc2nc3ccc(C(C)(C)C)cc3[nH]2)C1. The van der Waals surface area contributed by atoms with Crippen molar-refractivity contribution in [3.63, 3.8) is 0 Å². The van der Waals surface area contributed by atoms with Gasteiger partial charge in [0.15, 0.2) is 0 Å². The standard InChI is InChI=1S/C18H27N3/c1-18(2,3)13-6-7-15-16(11-13)21-17(20-15)8-5-12-9-14(10-12)19-4/h6-7,11-12,14,19H,5,8-10H2,1-4H3,(H,20,21). The Morgan fingerprint density at radius 2 is 2.05 bits per heavy atom. The van der Waals surface area contributed by atoms with Gasteiger partial charge in [-0.2, -0.15) is 0 Å². The first kappa shape index (κ1) is 14.6. The Bertz CT molecular complexity index is 615. The first-order valence-electron chi connectivity index (χ1n) is 8.12. The molecule has 1 saturated carbocycles. The van der Waals surface area contributed by atoms with Crippen LogP contribution in [-0.4, -0.2) is 23.1 Å². The van der Waals surface area contributed by atoms with Crippen LogP contribution in [0, 0.1) is 5.92 Å². The number of aryl methyl sites for hydroxylation is 1. The van der Waals surface area contributed by atoms with Crippen LogP contribution < -0.4 is 5.32 Å². The summed E-state index contributed by atoms with van der Waals surface area (Å²) in [6.45, 7) is 6.75. The van der Waals surface area contributed by atoms with Gasteiger partial charge < -0.3 is 10.3 Å². The number of H-pyrrole nitrogens is 1. The summed E-state index contributed by atoms with van der Waals surface area (Å²) in [6, 6.07) is 7.36. The number of hydrogen-bond donors (Lipinski definition) is 2. The highest BCUT2D eigenvalue weighted by Crippen LogP contribution is 2.31. The molecule has 2 aromatic rings. The monoisotopic (exact) mass is 285 g/mol. The molecule has 0 atom stereocenters. The average molecular weight is 285 g/mol. The fourth-order valence-corrected chi connectivity index (χ4v) is 3.20. The molecule has 1 aromatic heterocycles. The third kappa shape index (κ3) is 3.13. The maximum absolute atomic E-state index is 4.73. The molecule has 0 radical (unpaired) electrons. The number of benzene rings is 1. The molecule has 0 aliphatic heterocycles. The number of aromatic nitrogens is 2. The van der Waals surface area contributed by atoms with Crippen molar-refractivity contribution in [1.82, 2.24) is 15.3 Å². The zero-order chi connectivity index (χ0) is 15.0. The summed E-state index contributed by atoms with van der Waals surface area (Å²) in [5.41, 5.74) is 3.83. The number of imidazole rings is 1. The molecule has 0 bridgehead atoms. The highest BCUT2D eigenvalue weighted by atomic mass is 14.9. The van der Waals surface area contributed by atoms with Crippen molar-refractivity contribution < 1.29 is 0 Å². The zero-order valence-electron chi connectivity index (χ0n) is 13.7. The Kier molecular flexibility index (Phi) is 3.78. The molecule has 1 fully saturated rings. The van der Waals surface area contributed by atoms with Crippen molar-refractivity contribution in [2.24, 2.45) is 5.92 Å². The highest BCUT2D eigenvalue weighted by Gasteiger charge is 2.27. The van der Waals surface area contributed by atoms with Gasteiger partial charge in [0.1, 0.15) is 5.82 Å². The molecule has 1 aliphatic carbocycles. The van der Waals surface area contributed by atoms with E-state index in [4.69, 9.17) is 4.98 Å². The average Bonchev–Trinajstić information content (AvgIpc) is 2.77. The third-order valence-corrected chi connectivity index (χ3v) is 4.83. The lowest BCUT2D eigenvalue weighted by atomic mass is 9.77. The van der Waals surface area contributed by atoms with Gasteiger partial charge in [-0.05, 0) is 55.3 Å². The van der Waals surface area contributed by atoms with Gasteiger partial charge in [0.25, 0.3) is 0 Å². The lowest BCUT2D eigenvalue weighted by molar-refractivity contribution is 0.220. The summed E-state index contributed by atoms with van der Waals surface area (Å²) in [5, 5.41) is 3.35. The maximum atomic E-state index is 4.73. The number of rotatable bonds is 4. The largest absolute Gasteiger partial charge is 0.342 e. The van der Waals surface area contributed by atoms with Gasteiger partial charge in [-0.3, -0.25) is 0 Å². The molecule has 0 unspecified atom stereocenters. The van der Waals surface area contributed by atoms with Crippen LogP contribution in [0.3, 0.4) is 0 Å². The van der Waals surface area contributed by atoms with Crippen LogP contribution in [0.25, 0.3) is 11.0 Å². The first-order chi connectivity index (χ1) is 9.95. The second kappa shape index (κ2) is 5.45. The molecule has 3 rings (SSSR count). The third-order valence-electron chi connectivity index (χ3n) is 4.83. The smallest absolute Gasteiger partial charge is 0.107 e. The van der Waals surface area contributed by atoms with Gasteiger partial charge in [0.05, 0.1) is 11.0 Å². The molecule has 3 nitrogen and oxygen atoms in total. The van der Waals surface area contributed by atoms with Gasteiger partial charge in [0.2, 0.25) is 0 Å². The molecule has 0 amide bonds. The van der Waals surface area contributed by atoms with Crippen LogP contribution in [0.5, 0.6) is 0 Å². The molecule has 2 N–H and O–H groups in total. The quantitative estimate of drug-likeness (QED) is 0.897. The molecule has 0 spiro atoms. The Morgan fingerprint density at radius 3 is 2.71 bits per heavy atom. The van der Waals surface area contributed by atoms with Crippen LogP contribution >= 0.6 is 0 Å². The predicted molar refractivity (Wildman–Crippen MR) is 88.7 cm³/mol. The lowest BCUT2D eigenvalue weighted by Gasteiger charge is -2.34. The van der Waals surface area contributed by atoms with E-state index >= 15 is 0 Å². The van der Waals surface area contributed by atoms with E-state index in [-0.39, 0.29) is 5.41 Å². The van der Waals surface area contributed by atoms with Crippen LogP contribution in [0.2, 0.25) is 0 Å². The highest BCUT2D eigenvalue weighted by molar-refractivity contribution is 5.76. The van der Waals surface area contributed by atoms with E-state index in [1.54, 1.807) is 0 Å². The summed E-state index contributed by atoms with van der Waals surface area (Å²) in [7, 11) is 2.06. The summed E-state index contributed by atoms with van der Waals surface area (Å²) in [5.74, 6) is 2.02. The maximum Gasteiger partial charge on any atom is 0.107 e. The minimum Gasteiger partial charge on any atom is -0.342 e. The molecular weight excluding hydrogens is 258 g/mol. The first-order valence-corrected chi connectivity index (χ1v) is 8.12. The van der Waals surface area contributed by atoms with Crippen LogP contribution in [0.1, 0.15) is 51.4 Å². The van der Waals surface area contributed by atoms with Crippen LogP contribution in [0.4, 0.5) is 0 Å². The number of fused-ring (bicyclic) bond motifs is 1.